The molecule has 50 heavy (non-hydrogen) atoms. The zero-order valence-corrected chi connectivity index (χ0v) is 27.4. The van der Waals surface area contributed by atoms with Crippen molar-refractivity contribution in [3.63, 3.8) is 0 Å². The van der Waals surface area contributed by atoms with Crippen molar-refractivity contribution in [1.82, 2.24) is 9.13 Å². The molecule has 9 rings (SSSR count). The first-order valence-electron chi connectivity index (χ1n) is 16.9. The number of anilines is 6. The second-order valence-corrected chi connectivity index (χ2v) is 12.3. The van der Waals surface area contributed by atoms with Gasteiger partial charge in [0, 0.05) is 57.3 Å². The molecular weight excluding hydrogens is 609 g/mol. The van der Waals surface area contributed by atoms with Gasteiger partial charge in [0.2, 0.25) is 0 Å². The molecule has 4 heteroatoms. The van der Waals surface area contributed by atoms with Gasteiger partial charge in [0.15, 0.2) is 0 Å². The number of para-hydroxylation sites is 6. The molecule has 7 aromatic carbocycles. The second kappa shape index (κ2) is 12.7. The van der Waals surface area contributed by atoms with Crippen LogP contribution in [0.2, 0.25) is 0 Å². The molecule has 0 fully saturated rings. The van der Waals surface area contributed by atoms with E-state index in [1.54, 1.807) is 0 Å². The van der Waals surface area contributed by atoms with Crippen LogP contribution in [0, 0.1) is 0 Å². The minimum atomic E-state index is 1.07. The summed E-state index contributed by atoms with van der Waals surface area (Å²) in [4.78, 5) is 4.75. The molecule has 0 aliphatic carbocycles. The van der Waals surface area contributed by atoms with Crippen LogP contribution < -0.4 is 9.80 Å². The number of benzene rings is 7. The molecular formula is C46H34N4. The molecule has 2 aromatic heterocycles. The van der Waals surface area contributed by atoms with E-state index in [1.165, 1.54) is 10.8 Å². The highest BCUT2D eigenvalue weighted by Crippen LogP contribution is 2.45. The van der Waals surface area contributed by atoms with E-state index in [4.69, 9.17) is 0 Å². The lowest BCUT2D eigenvalue weighted by molar-refractivity contribution is 1.12. The Morgan fingerprint density at radius 3 is 1.06 bits per heavy atom. The maximum absolute atomic E-state index is 2.38. The smallest absolute Gasteiger partial charge is 0.0721 e. The summed E-state index contributed by atoms with van der Waals surface area (Å²) in [6, 6.07) is 68.7. The monoisotopic (exact) mass is 642 g/mol. The van der Waals surface area contributed by atoms with Crippen molar-refractivity contribution in [2.24, 2.45) is 0 Å². The SMILES string of the molecule is c1ccc(N(c2cccc(N(c3ccccc3)c3cn(-c4ccccc4)c4ccccc34)c2)c2cn(-c3ccccc3)c3ccccc23)cc1. The van der Waals surface area contributed by atoms with Crippen LogP contribution in [0.15, 0.2) is 207 Å². The Labute approximate surface area is 291 Å². The van der Waals surface area contributed by atoms with Gasteiger partial charge in [-0.3, -0.25) is 0 Å². The van der Waals surface area contributed by atoms with E-state index >= 15 is 0 Å². The molecule has 9 aromatic rings. The summed E-state index contributed by atoms with van der Waals surface area (Å²) in [5.41, 5.74) is 11.1. The fourth-order valence-corrected chi connectivity index (χ4v) is 7.06. The van der Waals surface area contributed by atoms with Crippen molar-refractivity contribution in [3.05, 3.63) is 207 Å². The highest BCUT2D eigenvalue weighted by molar-refractivity contribution is 6.02. The Balaban J connectivity index is 1.26. The molecule has 0 aliphatic rings. The van der Waals surface area contributed by atoms with Gasteiger partial charge in [-0.15, -0.1) is 0 Å². The molecule has 0 aliphatic heterocycles. The molecule has 0 unspecified atom stereocenters. The lowest BCUT2D eigenvalue weighted by Gasteiger charge is -2.28. The van der Waals surface area contributed by atoms with Crippen molar-refractivity contribution in [1.29, 1.82) is 0 Å². The van der Waals surface area contributed by atoms with E-state index in [0.717, 1.165) is 56.5 Å². The standard InChI is InChI=1S/C46H34N4/c1-5-18-35(19-6-1)47-33-45(41-28-13-15-30-43(41)47)49(37-22-9-3-10-23-37)39-26-17-27-40(32-39)50(38-24-11-4-12-25-38)46-34-48(36-20-7-2-8-21-36)44-31-16-14-29-42(44)46/h1-34H. The predicted molar refractivity (Wildman–Crippen MR) is 209 cm³/mol. The van der Waals surface area contributed by atoms with Crippen LogP contribution in [0.25, 0.3) is 33.2 Å². The van der Waals surface area contributed by atoms with E-state index in [1.807, 2.05) is 0 Å². The summed E-state index contributed by atoms with van der Waals surface area (Å²) in [6.45, 7) is 0. The number of nitrogens with zero attached hydrogens (tertiary/aromatic N) is 4. The molecule has 0 amide bonds. The number of hydrogen-bond donors (Lipinski definition) is 0. The van der Waals surface area contributed by atoms with Gasteiger partial charge in [-0.2, -0.15) is 0 Å². The Hall–Kier alpha value is -6.78. The minimum Gasteiger partial charge on any atom is -0.314 e. The quantitative estimate of drug-likeness (QED) is 0.164. The molecule has 0 bridgehead atoms. The first-order chi connectivity index (χ1) is 24.8. The topological polar surface area (TPSA) is 16.3 Å². The van der Waals surface area contributed by atoms with Crippen LogP contribution in [0.1, 0.15) is 0 Å². The van der Waals surface area contributed by atoms with Crippen LogP contribution in [0.4, 0.5) is 34.1 Å². The van der Waals surface area contributed by atoms with Gasteiger partial charge in [0.1, 0.15) is 0 Å². The fraction of sp³-hybridized carbons (Fsp3) is 0. The average molecular weight is 643 g/mol. The molecule has 0 saturated carbocycles. The van der Waals surface area contributed by atoms with Crippen molar-refractivity contribution >= 4 is 55.9 Å². The number of fused-ring (bicyclic) bond motifs is 2. The van der Waals surface area contributed by atoms with Crippen LogP contribution >= 0.6 is 0 Å². The minimum absolute atomic E-state index is 1.07. The van der Waals surface area contributed by atoms with Gasteiger partial charge in [-0.05, 0) is 78.9 Å². The Kier molecular flexibility index (Phi) is 7.45. The number of aromatic nitrogens is 2. The lowest BCUT2D eigenvalue weighted by atomic mass is 10.1. The van der Waals surface area contributed by atoms with Crippen LogP contribution in [0.5, 0.6) is 0 Å². The van der Waals surface area contributed by atoms with Gasteiger partial charge in [0.05, 0.1) is 22.4 Å². The van der Waals surface area contributed by atoms with Crippen molar-refractivity contribution in [2.75, 3.05) is 9.80 Å². The maximum Gasteiger partial charge on any atom is 0.0721 e. The van der Waals surface area contributed by atoms with Gasteiger partial charge in [-0.25, -0.2) is 0 Å². The number of rotatable bonds is 8. The summed E-state index contributed by atoms with van der Waals surface area (Å²) in [6.07, 6.45) is 4.53. The van der Waals surface area contributed by atoms with Crippen LogP contribution in [0.3, 0.4) is 0 Å². The second-order valence-electron chi connectivity index (χ2n) is 12.3. The molecule has 0 atom stereocenters. The van der Waals surface area contributed by atoms with E-state index in [2.05, 4.69) is 225 Å². The molecule has 0 N–H and O–H groups in total. The largest absolute Gasteiger partial charge is 0.314 e. The molecule has 4 nitrogen and oxygen atoms in total. The summed E-state index contributed by atoms with van der Waals surface area (Å²) >= 11 is 0. The van der Waals surface area contributed by atoms with Crippen molar-refractivity contribution in [3.8, 4) is 11.4 Å². The third kappa shape index (κ3) is 5.20. The normalized spacial score (nSPS) is 11.2. The summed E-state index contributed by atoms with van der Waals surface area (Å²) < 4.78 is 4.58. The van der Waals surface area contributed by atoms with E-state index in [9.17, 15) is 0 Å². The van der Waals surface area contributed by atoms with Crippen LogP contribution in [-0.4, -0.2) is 9.13 Å². The van der Waals surface area contributed by atoms with Gasteiger partial charge in [0.25, 0.3) is 0 Å². The third-order valence-corrected chi connectivity index (χ3v) is 9.31. The molecule has 238 valence electrons. The van der Waals surface area contributed by atoms with Gasteiger partial charge in [-0.1, -0.05) is 115 Å². The molecule has 0 saturated heterocycles. The van der Waals surface area contributed by atoms with Crippen LogP contribution in [-0.2, 0) is 0 Å². The van der Waals surface area contributed by atoms with E-state index in [0.29, 0.717) is 0 Å². The summed E-state index contributed by atoms with van der Waals surface area (Å²) in [5, 5.41) is 2.35. The summed E-state index contributed by atoms with van der Waals surface area (Å²) in [7, 11) is 0. The Morgan fingerprint density at radius 2 is 0.640 bits per heavy atom. The number of hydrogen-bond acceptors (Lipinski definition) is 2. The first-order valence-corrected chi connectivity index (χ1v) is 16.9. The highest BCUT2D eigenvalue weighted by atomic mass is 15.2. The predicted octanol–water partition coefficient (Wildman–Crippen LogP) is 12.5. The zero-order valence-electron chi connectivity index (χ0n) is 27.4. The third-order valence-electron chi connectivity index (χ3n) is 9.31. The fourth-order valence-electron chi connectivity index (χ4n) is 7.06. The molecule has 2 heterocycles. The lowest BCUT2D eigenvalue weighted by Crippen LogP contribution is -2.13. The van der Waals surface area contributed by atoms with Crippen molar-refractivity contribution < 1.29 is 0 Å². The van der Waals surface area contributed by atoms with E-state index in [-0.39, 0.29) is 0 Å². The van der Waals surface area contributed by atoms with Crippen molar-refractivity contribution in [2.45, 2.75) is 0 Å². The van der Waals surface area contributed by atoms with Gasteiger partial charge >= 0.3 is 0 Å². The Bertz CT molecular complexity index is 2360. The maximum atomic E-state index is 2.38. The molecule has 0 spiro atoms. The molecule has 0 radical (unpaired) electrons. The Morgan fingerprint density at radius 1 is 0.300 bits per heavy atom. The highest BCUT2D eigenvalue weighted by Gasteiger charge is 2.23. The van der Waals surface area contributed by atoms with Gasteiger partial charge < -0.3 is 18.9 Å². The summed E-state index contributed by atoms with van der Waals surface area (Å²) in [5.74, 6) is 0. The average Bonchev–Trinajstić information content (AvgIpc) is 3.76. The van der Waals surface area contributed by atoms with E-state index < -0.39 is 0 Å². The first kappa shape index (κ1) is 29.4. The zero-order chi connectivity index (χ0) is 33.3.